The number of hydrogen-bond donors (Lipinski definition) is 0. The number of amides is 1. The Kier molecular flexibility index (Phi) is 7.27. The average Bonchev–Trinajstić information content (AvgIpc) is 2.75. The number of halogens is 1. The molecule has 30 heavy (non-hydrogen) atoms. The molecule has 6 heteroatoms. The Bertz CT molecular complexity index is 1080. The second-order valence-corrected chi connectivity index (χ2v) is 8.07. The first-order valence-electron chi connectivity index (χ1n) is 10.4. The maximum atomic E-state index is 13.1. The van der Waals surface area contributed by atoms with E-state index in [1.165, 1.54) is 4.57 Å². The number of hydrogen-bond acceptors (Lipinski definition) is 3. The van der Waals surface area contributed by atoms with Gasteiger partial charge in [0.15, 0.2) is 0 Å². The van der Waals surface area contributed by atoms with Crippen molar-refractivity contribution in [1.29, 1.82) is 0 Å². The van der Waals surface area contributed by atoms with Crippen molar-refractivity contribution in [3.63, 3.8) is 0 Å². The largest absolute Gasteiger partial charge is 0.328 e. The zero-order valence-corrected chi connectivity index (χ0v) is 18.5. The van der Waals surface area contributed by atoms with Crippen LogP contribution >= 0.6 is 11.6 Å². The van der Waals surface area contributed by atoms with Gasteiger partial charge in [0.2, 0.25) is 5.91 Å². The van der Waals surface area contributed by atoms with E-state index in [-0.39, 0.29) is 17.5 Å². The molecule has 1 unspecified atom stereocenters. The first kappa shape index (κ1) is 22.0. The van der Waals surface area contributed by atoms with E-state index in [0.717, 1.165) is 24.8 Å². The van der Waals surface area contributed by atoms with E-state index in [0.29, 0.717) is 34.7 Å². The van der Waals surface area contributed by atoms with Crippen LogP contribution in [0.2, 0.25) is 5.02 Å². The Hall–Kier alpha value is -2.66. The van der Waals surface area contributed by atoms with Gasteiger partial charge in [0.25, 0.3) is 5.56 Å². The monoisotopic (exact) mass is 425 g/mol. The second-order valence-electron chi connectivity index (χ2n) is 7.64. The first-order valence-corrected chi connectivity index (χ1v) is 10.8. The molecule has 0 radical (unpaired) electrons. The molecule has 0 spiro atoms. The highest BCUT2D eigenvalue weighted by Gasteiger charge is 2.25. The third-order valence-electron chi connectivity index (χ3n) is 5.42. The molecule has 0 saturated carbocycles. The topological polar surface area (TPSA) is 55.2 Å². The molecule has 0 aliphatic carbocycles. The van der Waals surface area contributed by atoms with Gasteiger partial charge in [-0.1, -0.05) is 61.7 Å². The van der Waals surface area contributed by atoms with Crippen LogP contribution in [0, 0.1) is 0 Å². The summed E-state index contributed by atoms with van der Waals surface area (Å²) < 4.78 is 1.53. The summed E-state index contributed by atoms with van der Waals surface area (Å²) in [4.78, 5) is 32.6. The van der Waals surface area contributed by atoms with Crippen LogP contribution in [0.4, 0.5) is 0 Å². The molecule has 0 bridgehead atoms. The molecule has 2 aromatic carbocycles. The Labute approximate surface area is 182 Å². The van der Waals surface area contributed by atoms with Crippen molar-refractivity contribution in [2.45, 2.75) is 52.1 Å². The fourth-order valence-electron chi connectivity index (χ4n) is 3.66. The highest BCUT2D eigenvalue weighted by atomic mass is 35.5. The Balaban J connectivity index is 2.00. The summed E-state index contributed by atoms with van der Waals surface area (Å²) >= 11 is 6.06. The van der Waals surface area contributed by atoms with E-state index >= 15 is 0 Å². The van der Waals surface area contributed by atoms with Crippen molar-refractivity contribution in [3.8, 4) is 0 Å². The Morgan fingerprint density at radius 1 is 1.17 bits per heavy atom. The zero-order valence-electron chi connectivity index (χ0n) is 17.8. The zero-order chi connectivity index (χ0) is 21.7. The molecule has 3 aromatic rings. The summed E-state index contributed by atoms with van der Waals surface area (Å²) in [5, 5.41) is 0.976. The molecule has 0 saturated heterocycles. The molecule has 3 rings (SSSR count). The number of nitrogens with zero attached hydrogens (tertiary/aromatic N) is 3. The van der Waals surface area contributed by atoms with Gasteiger partial charge >= 0.3 is 0 Å². The number of aromatic nitrogens is 2. The predicted molar refractivity (Wildman–Crippen MR) is 122 cm³/mol. The molecule has 1 amide bonds. The van der Waals surface area contributed by atoms with Crippen LogP contribution in [0.1, 0.15) is 57.0 Å². The summed E-state index contributed by atoms with van der Waals surface area (Å²) in [6.07, 6.45) is 3.43. The molecule has 1 aromatic heterocycles. The normalized spacial score (nSPS) is 12.1. The van der Waals surface area contributed by atoms with Crippen molar-refractivity contribution in [2.75, 3.05) is 0 Å². The van der Waals surface area contributed by atoms with Gasteiger partial charge in [-0.25, -0.2) is 4.98 Å². The fourth-order valence-corrected chi connectivity index (χ4v) is 3.84. The van der Waals surface area contributed by atoms with E-state index in [2.05, 4.69) is 6.92 Å². The van der Waals surface area contributed by atoms with E-state index in [9.17, 15) is 9.59 Å². The quantitative estimate of drug-likeness (QED) is 0.463. The lowest BCUT2D eigenvalue weighted by atomic mass is 10.1. The third kappa shape index (κ3) is 4.90. The van der Waals surface area contributed by atoms with Crippen LogP contribution in [0.3, 0.4) is 0 Å². The second kappa shape index (κ2) is 9.90. The molecular formula is C24H28ClN3O2. The average molecular weight is 426 g/mol. The minimum Gasteiger partial charge on any atom is -0.328 e. The van der Waals surface area contributed by atoms with Crippen molar-refractivity contribution >= 4 is 28.4 Å². The number of fused-ring (bicyclic) bond motifs is 1. The SMILES string of the molecule is CCCCCC(=O)N(Cc1ccccc1)C(C)c1nc2ccc(Cl)cc2c(=O)n1C. The van der Waals surface area contributed by atoms with Gasteiger partial charge in [0, 0.05) is 25.0 Å². The molecule has 5 nitrogen and oxygen atoms in total. The number of rotatable bonds is 8. The number of carbonyl (C=O) groups excluding carboxylic acids is 1. The molecular weight excluding hydrogens is 398 g/mol. The highest BCUT2D eigenvalue weighted by molar-refractivity contribution is 6.31. The third-order valence-corrected chi connectivity index (χ3v) is 5.66. The molecule has 158 valence electrons. The molecule has 0 fully saturated rings. The lowest BCUT2D eigenvalue weighted by molar-refractivity contribution is -0.134. The molecule has 1 heterocycles. The van der Waals surface area contributed by atoms with Gasteiger partial charge < -0.3 is 4.90 Å². The van der Waals surface area contributed by atoms with Crippen LogP contribution < -0.4 is 5.56 Å². The lowest BCUT2D eigenvalue weighted by Crippen LogP contribution is -2.36. The Morgan fingerprint density at radius 3 is 2.60 bits per heavy atom. The number of carbonyl (C=O) groups is 1. The molecule has 0 aliphatic heterocycles. The maximum Gasteiger partial charge on any atom is 0.261 e. The number of unbranched alkanes of at least 4 members (excludes halogenated alkanes) is 2. The molecule has 0 aliphatic rings. The van der Waals surface area contributed by atoms with Crippen molar-refractivity contribution in [2.24, 2.45) is 7.05 Å². The van der Waals surface area contributed by atoms with Crippen molar-refractivity contribution in [1.82, 2.24) is 14.5 Å². The maximum absolute atomic E-state index is 13.1. The minimum absolute atomic E-state index is 0.0743. The van der Waals surface area contributed by atoms with Gasteiger partial charge in [-0.05, 0) is 37.1 Å². The highest BCUT2D eigenvalue weighted by Crippen LogP contribution is 2.24. The number of benzene rings is 2. The fraction of sp³-hybridized carbons (Fsp3) is 0.375. The minimum atomic E-state index is -0.350. The van der Waals surface area contributed by atoms with E-state index in [4.69, 9.17) is 16.6 Å². The van der Waals surface area contributed by atoms with Gasteiger partial charge in [0.1, 0.15) is 5.82 Å². The summed E-state index contributed by atoms with van der Waals surface area (Å²) in [5.41, 5.74) is 1.47. The van der Waals surface area contributed by atoms with Crippen LogP contribution in [-0.2, 0) is 18.4 Å². The predicted octanol–water partition coefficient (Wildman–Crippen LogP) is 5.26. The summed E-state index contributed by atoms with van der Waals surface area (Å²) in [6.45, 7) is 4.53. The van der Waals surface area contributed by atoms with Gasteiger partial charge in [0.05, 0.1) is 16.9 Å². The van der Waals surface area contributed by atoms with Crippen molar-refractivity contribution in [3.05, 3.63) is 75.3 Å². The first-order chi connectivity index (χ1) is 14.4. The van der Waals surface area contributed by atoms with E-state index < -0.39 is 0 Å². The summed E-state index contributed by atoms with van der Waals surface area (Å²) in [7, 11) is 1.70. The van der Waals surface area contributed by atoms with Crippen molar-refractivity contribution < 1.29 is 4.79 Å². The molecule has 0 N–H and O–H groups in total. The van der Waals surface area contributed by atoms with Crippen LogP contribution in [0.15, 0.2) is 53.3 Å². The van der Waals surface area contributed by atoms with Gasteiger partial charge in [-0.3, -0.25) is 14.2 Å². The smallest absolute Gasteiger partial charge is 0.261 e. The van der Waals surface area contributed by atoms with Gasteiger partial charge in [-0.15, -0.1) is 0 Å². The molecule has 1 atom stereocenters. The van der Waals surface area contributed by atoms with Crippen LogP contribution in [-0.4, -0.2) is 20.4 Å². The van der Waals surface area contributed by atoms with Crippen LogP contribution in [0.25, 0.3) is 10.9 Å². The Morgan fingerprint density at radius 2 is 1.90 bits per heavy atom. The lowest BCUT2D eigenvalue weighted by Gasteiger charge is -2.30. The van der Waals surface area contributed by atoms with E-state index in [1.54, 1.807) is 25.2 Å². The van der Waals surface area contributed by atoms with Gasteiger partial charge in [-0.2, -0.15) is 0 Å². The summed E-state index contributed by atoms with van der Waals surface area (Å²) in [5.74, 6) is 0.639. The van der Waals surface area contributed by atoms with Crippen LogP contribution in [0.5, 0.6) is 0 Å². The standard InChI is InChI=1S/C24H28ClN3O2/c1-4-5-7-12-22(29)28(16-18-10-8-6-9-11-18)17(2)23-26-21-14-13-19(25)15-20(21)24(30)27(23)3/h6,8-11,13-15,17H,4-5,7,12,16H2,1-3H3. The summed E-state index contributed by atoms with van der Waals surface area (Å²) in [6, 6.07) is 14.7. The van der Waals surface area contributed by atoms with E-state index in [1.807, 2.05) is 42.2 Å².